The molecule has 1 aliphatic carbocycles. The molecule has 0 bridgehead atoms. The minimum Gasteiger partial charge on any atom is -0.437 e. The van der Waals surface area contributed by atoms with Gasteiger partial charge in [0.2, 0.25) is 0 Å². The Balaban J connectivity index is 2.59. The molecule has 0 aliphatic heterocycles. The van der Waals surface area contributed by atoms with Crippen molar-refractivity contribution < 1.29 is 8.23 Å². The third kappa shape index (κ3) is 9.18. The summed E-state index contributed by atoms with van der Waals surface area (Å²) in [6, 6.07) is 2.52. The van der Waals surface area contributed by atoms with Crippen molar-refractivity contribution in [3.05, 3.63) is 11.6 Å². The van der Waals surface area contributed by atoms with Crippen LogP contribution in [0.4, 0.5) is 0 Å². The molecule has 0 heterocycles. The summed E-state index contributed by atoms with van der Waals surface area (Å²) in [6.45, 7) is 21.1. The largest absolute Gasteiger partial charge is 0.437 e. The van der Waals surface area contributed by atoms with Crippen molar-refractivity contribution in [1.29, 1.82) is 0 Å². The standard InChI is InChI=1S/C20H44O2Si3/c1-10-11-16-23(4,5)21-25(8,9)22-24(6,7)17-19(3)20-14-12-18(2)13-15-20/h12,19-20H,10-11,13-17H2,1-9H3. The molecule has 0 saturated heterocycles. The quantitative estimate of drug-likeness (QED) is 0.282. The smallest absolute Gasteiger partial charge is 0.311 e. The Morgan fingerprint density at radius 1 is 1.08 bits per heavy atom. The summed E-state index contributed by atoms with van der Waals surface area (Å²) in [5.41, 5.74) is 1.58. The summed E-state index contributed by atoms with van der Waals surface area (Å²) in [5, 5.41) is 0. The van der Waals surface area contributed by atoms with Gasteiger partial charge in [0.1, 0.15) is 0 Å². The minimum atomic E-state index is -2.04. The van der Waals surface area contributed by atoms with Gasteiger partial charge in [-0.2, -0.15) is 0 Å². The Morgan fingerprint density at radius 3 is 2.20 bits per heavy atom. The van der Waals surface area contributed by atoms with Gasteiger partial charge in [0, 0.05) is 0 Å². The highest BCUT2D eigenvalue weighted by molar-refractivity contribution is 6.87. The molecule has 0 fully saturated rings. The fourth-order valence-corrected chi connectivity index (χ4v) is 19.5. The fourth-order valence-electron chi connectivity index (χ4n) is 4.49. The van der Waals surface area contributed by atoms with Gasteiger partial charge in [0.25, 0.3) is 0 Å². The lowest BCUT2D eigenvalue weighted by Gasteiger charge is -2.40. The second-order valence-corrected chi connectivity index (χ2v) is 22.4. The molecule has 25 heavy (non-hydrogen) atoms. The maximum Gasteiger partial charge on any atom is 0.311 e. The first-order valence-corrected chi connectivity index (χ1v) is 19.5. The van der Waals surface area contributed by atoms with Crippen molar-refractivity contribution in [1.82, 2.24) is 0 Å². The van der Waals surface area contributed by atoms with Gasteiger partial charge >= 0.3 is 8.56 Å². The molecular formula is C20H44O2Si3. The Hall–Kier alpha value is 0.311. The van der Waals surface area contributed by atoms with E-state index in [2.05, 4.69) is 66.1 Å². The van der Waals surface area contributed by atoms with Crippen molar-refractivity contribution in [2.24, 2.45) is 11.8 Å². The van der Waals surface area contributed by atoms with E-state index in [1.807, 2.05) is 0 Å². The summed E-state index contributed by atoms with van der Waals surface area (Å²) in [7, 11) is -5.32. The normalized spacial score (nSPS) is 21.2. The van der Waals surface area contributed by atoms with E-state index < -0.39 is 25.2 Å². The van der Waals surface area contributed by atoms with E-state index in [1.165, 1.54) is 44.2 Å². The highest BCUT2D eigenvalue weighted by Gasteiger charge is 2.40. The van der Waals surface area contributed by atoms with Crippen molar-refractivity contribution >= 4 is 25.2 Å². The third-order valence-corrected chi connectivity index (χ3v) is 17.0. The molecular weight excluding hydrogens is 356 g/mol. The van der Waals surface area contributed by atoms with E-state index in [4.69, 9.17) is 8.23 Å². The first-order valence-electron chi connectivity index (χ1n) is 10.4. The Kier molecular flexibility index (Phi) is 8.86. The molecule has 0 aromatic carbocycles. The van der Waals surface area contributed by atoms with Gasteiger partial charge in [-0.3, -0.25) is 0 Å². The fraction of sp³-hybridized carbons (Fsp3) is 0.900. The maximum atomic E-state index is 6.80. The number of hydrogen-bond donors (Lipinski definition) is 0. The van der Waals surface area contributed by atoms with E-state index in [1.54, 1.807) is 5.57 Å². The predicted molar refractivity (Wildman–Crippen MR) is 119 cm³/mol. The summed E-state index contributed by atoms with van der Waals surface area (Å²) in [5.74, 6) is 1.61. The second-order valence-electron chi connectivity index (χ2n) is 9.99. The van der Waals surface area contributed by atoms with E-state index in [0.717, 1.165) is 11.8 Å². The highest BCUT2D eigenvalue weighted by Crippen LogP contribution is 2.35. The van der Waals surface area contributed by atoms with Crippen molar-refractivity contribution in [3.63, 3.8) is 0 Å². The van der Waals surface area contributed by atoms with E-state index in [0.29, 0.717) is 0 Å². The molecule has 0 saturated carbocycles. The van der Waals surface area contributed by atoms with Crippen LogP contribution in [0.5, 0.6) is 0 Å². The lowest BCUT2D eigenvalue weighted by molar-refractivity contribution is 0.330. The lowest BCUT2D eigenvalue weighted by Crippen LogP contribution is -2.52. The van der Waals surface area contributed by atoms with Gasteiger partial charge in [-0.25, -0.2) is 0 Å². The molecule has 2 nitrogen and oxygen atoms in total. The molecule has 0 N–H and O–H groups in total. The van der Waals surface area contributed by atoms with Crippen LogP contribution in [0.2, 0.25) is 51.4 Å². The first kappa shape index (κ1) is 23.4. The van der Waals surface area contributed by atoms with Gasteiger partial charge in [-0.15, -0.1) is 0 Å². The van der Waals surface area contributed by atoms with Crippen LogP contribution in [-0.2, 0) is 8.23 Å². The Morgan fingerprint density at radius 2 is 1.68 bits per heavy atom. The summed E-state index contributed by atoms with van der Waals surface area (Å²) in [4.78, 5) is 0. The van der Waals surface area contributed by atoms with Crippen molar-refractivity contribution in [2.75, 3.05) is 0 Å². The van der Waals surface area contributed by atoms with Crippen LogP contribution < -0.4 is 0 Å². The molecule has 148 valence electrons. The molecule has 0 aromatic heterocycles. The molecule has 2 atom stereocenters. The number of rotatable bonds is 10. The molecule has 0 radical (unpaired) electrons. The van der Waals surface area contributed by atoms with Crippen molar-refractivity contribution in [2.45, 2.75) is 104 Å². The monoisotopic (exact) mass is 400 g/mol. The molecule has 1 aliphatic rings. The van der Waals surface area contributed by atoms with Gasteiger partial charge < -0.3 is 8.23 Å². The van der Waals surface area contributed by atoms with Gasteiger partial charge in [0.15, 0.2) is 16.6 Å². The molecule has 1 rings (SSSR count). The van der Waals surface area contributed by atoms with Gasteiger partial charge in [-0.1, -0.05) is 38.3 Å². The SMILES string of the molecule is CCCC[Si](C)(C)O[Si](C)(C)O[Si](C)(C)CC(C)C1CC=C(C)CC1. The number of hydrogen-bond acceptors (Lipinski definition) is 2. The summed E-state index contributed by atoms with van der Waals surface area (Å²) in [6.07, 6.45) is 8.93. The van der Waals surface area contributed by atoms with Crippen LogP contribution in [0, 0.1) is 11.8 Å². The van der Waals surface area contributed by atoms with Crippen molar-refractivity contribution in [3.8, 4) is 0 Å². The van der Waals surface area contributed by atoms with Crippen LogP contribution in [0.3, 0.4) is 0 Å². The topological polar surface area (TPSA) is 18.5 Å². The third-order valence-electron chi connectivity index (χ3n) is 5.47. The molecule has 0 aromatic rings. The molecule has 2 unspecified atom stereocenters. The predicted octanol–water partition coefficient (Wildman–Crippen LogP) is 7.31. The highest BCUT2D eigenvalue weighted by atomic mass is 28.5. The van der Waals surface area contributed by atoms with Crippen LogP contribution in [0.25, 0.3) is 0 Å². The van der Waals surface area contributed by atoms with Crippen LogP contribution >= 0.6 is 0 Å². The van der Waals surface area contributed by atoms with Gasteiger partial charge in [-0.05, 0) is 89.4 Å². The zero-order valence-corrected chi connectivity index (χ0v) is 21.5. The molecule has 5 heteroatoms. The minimum absolute atomic E-state index is 0.765. The second kappa shape index (κ2) is 9.49. The maximum absolute atomic E-state index is 6.80. The zero-order chi connectivity index (χ0) is 19.3. The first-order chi connectivity index (χ1) is 11.4. The summed E-state index contributed by atoms with van der Waals surface area (Å²) >= 11 is 0. The zero-order valence-electron chi connectivity index (χ0n) is 18.5. The van der Waals surface area contributed by atoms with Crippen LogP contribution in [0.1, 0.15) is 52.9 Å². The lowest BCUT2D eigenvalue weighted by atomic mass is 9.83. The van der Waals surface area contributed by atoms with Gasteiger partial charge in [0.05, 0.1) is 0 Å². The summed E-state index contributed by atoms with van der Waals surface area (Å²) < 4.78 is 13.5. The average molecular weight is 401 g/mol. The number of unbranched alkanes of at least 4 members (excludes halogenated alkanes) is 1. The van der Waals surface area contributed by atoms with E-state index >= 15 is 0 Å². The Bertz CT molecular complexity index is 444. The van der Waals surface area contributed by atoms with Crippen LogP contribution in [0.15, 0.2) is 11.6 Å². The van der Waals surface area contributed by atoms with Crippen LogP contribution in [-0.4, -0.2) is 25.2 Å². The molecule has 0 spiro atoms. The Labute approximate surface area is 161 Å². The van der Waals surface area contributed by atoms with E-state index in [-0.39, 0.29) is 0 Å². The molecule has 0 amide bonds. The van der Waals surface area contributed by atoms with E-state index in [9.17, 15) is 0 Å². The number of allylic oxidation sites excluding steroid dienone is 2. The average Bonchev–Trinajstić information content (AvgIpc) is 2.42.